The molecule has 0 atom stereocenters. The van der Waals surface area contributed by atoms with Crippen LogP contribution >= 0.6 is 11.8 Å². The molecule has 3 heterocycles. The minimum Gasteiger partial charge on any atom is -0.464 e. The van der Waals surface area contributed by atoms with Gasteiger partial charge in [-0.3, -0.25) is 0 Å². The largest absolute Gasteiger partial charge is 0.464 e. The monoisotopic (exact) mass is 694 g/mol. The lowest BCUT2D eigenvalue weighted by Gasteiger charge is -2.39. The molecule has 53 heavy (non-hydrogen) atoms. The Hall–Kier alpha value is -6.49. The van der Waals surface area contributed by atoms with E-state index >= 15 is 0 Å². The summed E-state index contributed by atoms with van der Waals surface area (Å²) in [5.74, 6) is 0.706. The van der Waals surface area contributed by atoms with E-state index in [-0.39, 0.29) is 0 Å². The summed E-state index contributed by atoms with van der Waals surface area (Å²) in [4.78, 5) is 12.7. The highest BCUT2D eigenvalue weighted by Gasteiger charge is 2.51. The Kier molecular flexibility index (Phi) is 6.70. The van der Waals surface area contributed by atoms with Gasteiger partial charge < -0.3 is 4.42 Å². The molecule has 9 aromatic rings. The molecule has 0 fully saturated rings. The van der Waals surface area contributed by atoms with Crippen LogP contribution in [0.4, 0.5) is 0 Å². The summed E-state index contributed by atoms with van der Waals surface area (Å²) in [6.07, 6.45) is 1.84. The lowest BCUT2D eigenvalue weighted by molar-refractivity contribution is 0.616. The van der Waals surface area contributed by atoms with E-state index < -0.39 is 5.41 Å². The van der Waals surface area contributed by atoms with Gasteiger partial charge in [0.05, 0.1) is 23.1 Å². The van der Waals surface area contributed by atoms with Gasteiger partial charge in [0, 0.05) is 37.4 Å². The Labute approximate surface area is 311 Å². The van der Waals surface area contributed by atoms with E-state index in [1.165, 1.54) is 43.2 Å². The quantitative estimate of drug-likeness (QED) is 0.184. The Morgan fingerprint density at radius 2 is 0.981 bits per heavy atom. The number of hydrogen-bond acceptors (Lipinski definition) is 4. The molecule has 0 saturated heterocycles. The van der Waals surface area contributed by atoms with Crippen LogP contribution in [-0.2, 0) is 5.41 Å². The first-order valence-corrected chi connectivity index (χ1v) is 18.7. The second kappa shape index (κ2) is 11.8. The van der Waals surface area contributed by atoms with Crippen molar-refractivity contribution in [1.29, 1.82) is 0 Å². The summed E-state index contributed by atoms with van der Waals surface area (Å²) in [5, 5.41) is 1.13. The van der Waals surface area contributed by atoms with Gasteiger partial charge in [-0.1, -0.05) is 157 Å². The summed E-state index contributed by atoms with van der Waals surface area (Å²) in [6, 6.07) is 62.8. The fraction of sp³-hybridized carbons (Fsp3) is 0.0204. The second-order valence-corrected chi connectivity index (χ2v) is 14.8. The van der Waals surface area contributed by atoms with Crippen molar-refractivity contribution >= 4 is 22.7 Å². The summed E-state index contributed by atoms with van der Waals surface area (Å²) < 4.78 is 6.38. The SMILES string of the molecule is c1ccc(-c2cc(-c3ccc(-c4cc5c(c6ccoc46)-c4ccccc4C54c5ccccc5Sc5ccccc54)cc3)nc(-c3ccccc3)n2)cc1. The molecule has 248 valence electrons. The van der Waals surface area contributed by atoms with Crippen molar-refractivity contribution in [3.05, 3.63) is 204 Å². The summed E-state index contributed by atoms with van der Waals surface area (Å²) in [7, 11) is 0. The first-order chi connectivity index (χ1) is 26.3. The molecule has 1 aliphatic carbocycles. The zero-order valence-electron chi connectivity index (χ0n) is 28.5. The van der Waals surface area contributed by atoms with Crippen LogP contribution in [0.5, 0.6) is 0 Å². The molecule has 7 aromatic carbocycles. The third-order valence-electron chi connectivity index (χ3n) is 10.9. The van der Waals surface area contributed by atoms with Gasteiger partial charge in [-0.15, -0.1) is 0 Å². The smallest absolute Gasteiger partial charge is 0.160 e. The van der Waals surface area contributed by atoms with Gasteiger partial charge in [-0.2, -0.15) is 0 Å². The molecular formula is C49H30N2OS. The third kappa shape index (κ3) is 4.49. The maximum absolute atomic E-state index is 6.38. The van der Waals surface area contributed by atoms with Crippen LogP contribution < -0.4 is 0 Å². The van der Waals surface area contributed by atoms with Gasteiger partial charge in [0.1, 0.15) is 5.58 Å². The highest BCUT2D eigenvalue weighted by atomic mass is 32.2. The van der Waals surface area contributed by atoms with Crippen LogP contribution in [-0.4, -0.2) is 9.97 Å². The van der Waals surface area contributed by atoms with Crippen molar-refractivity contribution < 1.29 is 4.42 Å². The lowest BCUT2D eigenvalue weighted by atomic mass is 9.67. The minimum atomic E-state index is -0.465. The highest BCUT2D eigenvalue weighted by Crippen LogP contribution is 2.63. The predicted molar refractivity (Wildman–Crippen MR) is 215 cm³/mol. The van der Waals surface area contributed by atoms with Crippen molar-refractivity contribution in [2.75, 3.05) is 0 Å². The van der Waals surface area contributed by atoms with Gasteiger partial charge in [-0.05, 0) is 69.3 Å². The van der Waals surface area contributed by atoms with Crippen molar-refractivity contribution in [3.63, 3.8) is 0 Å². The average Bonchev–Trinajstić information content (AvgIpc) is 3.83. The minimum absolute atomic E-state index is 0.465. The average molecular weight is 695 g/mol. The zero-order chi connectivity index (χ0) is 34.9. The van der Waals surface area contributed by atoms with Gasteiger partial charge >= 0.3 is 0 Å². The first-order valence-electron chi connectivity index (χ1n) is 17.9. The summed E-state index contributed by atoms with van der Waals surface area (Å²) in [6.45, 7) is 0. The second-order valence-electron chi connectivity index (χ2n) is 13.7. The standard InChI is InChI=1S/C49H30N2OS/c1-3-13-32(14-4-1)42-30-43(51-48(50-42)34-15-5-2-6-16-34)33-25-23-31(24-26-33)37-29-41-46(36-27-28-52-47(36)37)35-17-7-8-18-38(35)49(41)39-19-9-11-21-44(39)53-45-22-12-10-20-40(45)49/h1-30H. The molecule has 1 aliphatic heterocycles. The van der Waals surface area contributed by atoms with Gasteiger partial charge in [0.2, 0.25) is 0 Å². The maximum Gasteiger partial charge on any atom is 0.160 e. The van der Waals surface area contributed by atoms with Gasteiger partial charge in [0.15, 0.2) is 5.82 Å². The van der Waals surface area contributed by atoms with E-state index in [4.69, 9.17) is 14.4 Å². The Bertz CT molecular complexity index is 2760. The molecule has 0 unspecified atom stereocenters. The molecule has 0 amide bonds. The zero-order valence-corrected chi connectivity index (χ0v) is 29.3. The number of aromatic nitrogens is 2. The third-order valence-corrected chi connectivity index (χ3v) is 12.0. The van der Waals surface area contributed by atoms with Crippen molar-refractivity contribution in [2.45, 2.75) is 15.2 Å². The molecule has 4 heteroatoms. The number of nitrogens with zero attached hydrogens (tertiary/aromatic N) is 2. The summed E-state index contributed by atoms with van der Waals surface area (Å²) >= 11 is 1.87. The Balaban J connectivity index is 1.11. The maximum atomic E-state index is 6.38. The molecule has 0 N–H and O–H groups in total. The van der Waals surface area contributed by atoms with E-state index in [0.717, 1.165) is 50.2 Å². The first kappa shape index (κ1) is 30.2. The van der Waals surface area contributed by atoms with Crippen molar-refractivity contribution in [3.8, 4) is 56.2 Å². The van der Waals surface area contributed by atoms with Gasteiger partial charge in [-0.25, -0.2) is 9.97 Å². The van der Waals surface area contributed by atoms with E-state index in [9.17, 15) is 0 Å². The topological polar surface area (TPSA) is 38.9 Å². The van der Waals surface area contributed by atoms with Crippen LogP contribution in [0.1, 0.15) is 22.3 Å². The molecule has 11 rings (SSSR count). The highest BCUT2D eigenvalue weighted by molar-refractivity contribution is 7.99. The number of fused-ring (bicyclic) bond motifs is 11. The molecule has 2 aromatic heterocycles. The number of hydrogen-bond donors (Lipinski definition) is 0. The molecule has 2 aliphatic rings. The van der Waals surface area contributed by atoms with Crippen molar-refractivity contribution in [1.82, 2.24) is 9.97 Å². The normalized spacial score (nSPS) is 13.4. The fourth-order valence-corrected chi connectivity index (χ4v) is 9.77. The molecule has 0 saturated carbocycles. The van der Waals surface area contributed by atoms with Crippen LogP contribution in [0.3, 0.4) is 0 Å². The summed E-state index contributed by atoms with van der Waals surface area (Å²) in [5.41, 5.74) is 15.2. The van der Waals surface area contributed by atoms with Crippen LogP contribution in [0, 0.1) is 0 Å². The Morgan fingerprint density at radius 1 is 0.434 bits per heavy atom. The molecular weight excluding hydrogens is 665 g/mol. The van der Waals surface area contributed by atoms with E-state index in [2.05, 4.69) is 140 Å². The fourth-order valence-electron chi connectivity index (χ4n) is 8.58. The van der Waals surface area contributed by atoms with E-state index in [1.807, 2.05) is 54.4 Å². The number of rotatable bonds is 4. The van der Waals surface area contributed by atoms with Crippen LogP contribution in [0.15, 0.2) is 196 Å². The number of benzene rings is 7. The predicted octanol–water partition coefficient (Wildman–Crippen LogP) is 12.7. The van der Waals surface area contributed by atoms with Gasteiger partial charge in [0.25, 0.3) is 0 Å². The number of furan rings is 1. The molecule has 3 nitrogen and oxygen atoms in total. The van der Waals surface area contributed by atoms with E-state index in [0.29, 0.717) is 5.82 Å². The van der Waals surface area contributed by atoms with E-state index in [1.54, 1.807) is 0 Å². The Morgan fingerprint density at radius 3 is 1.66 bits per heavy atom. The molecule has 0 radical (unpaired) electrons. The van der Waals surface area contributed by atoms with Crippen LogP contribution in [0.2, 0.25) is 0 Å². The van der Waals surface area contributed by atoms with Crippen molar-refractivity contribution in [2.24, 2.45) is 0 Å². The molecule has 1 spiro atoms. The molecule has 0 bridgehead atoms. The lowest BCUT2D eigenvalue weighted by Crippen LogP contribution is -2.32. The van der Waals surface area contributed by atoms with Crippen LogP contribution in [0.25, 0.3) is 67.1 Å².